The zero-order chi connectivity index (χ0) is 13.1. The number of hydrogen-bond donors (Lipinski definition) is 1. The highest BCUT2D eigenvalue weighted by Gasteiger charge is 2.20. The quantitative estimate of drug-likeness (QED) is 0.863. The molecule has 0 aliphatic heterocycles. The fourth-order valence-electron chi connectivity index (χ4n) is 2.05. The Labute approximate surface area is 113 Å². The minimum atomic E-state index is 0.717. The van der Waals surface area contributed by atoms with Gasteiger partial charge in [-0.25, -0.2) is 4.98 Å². The number of rotatable bonds is 6. The Balaban J connectivity index is 1.63. The summed E-state index contributed by atoms with van der Waals surface area (Å²) in [5.74, 6) is 0.997. The molecule has 4 nitrogen and oxygen atoms in total. The van der Waals surface area contributed by atoms with E-state index in [0.29, 0.717) is 6.04 Å². The molecule has 2 aromatic heterocycles. The number of nitrogens with zero attached hydrogens (tertiary/aromatic N) is 2. The molecule has 0 aromatic carbocycles. The standard InChI is InChI=1S/C15H19N3O/c1-18(10-12-7-8-19-11-12)15-4-2-3-14(17-15)9-16-13-5-6-13/h2-4,7-8,11,13,16H,5-6,9-10H2,1H3. The highest BCUT2D eigenvalue weighted by Crippen LogP contribution is 2.19. The van der Waals surface area contributed by atoms with Gasteiger partial charge >= 0.3 is 0 Å². The van der Waals surface area contributed by atoms with Crippen LogP contribution in [0.3, 0.4) is 0 Å². The zero-order valence-corrected chi connectivity index (χ0v) is 11.2. The van der Waals surface area contributed by atoms with Crippen molar-refractivity contribution < 1.29 is 4.42 Å². The molecule has 2 aromatic rings. The van der Waals surface area contributed by atoms with Crippen molar-refractivity contribution in [1.82, 2.24) is 10.3 Å². The van der Waals surface area contributed by atoms with Gasteiger partial charge in [-0.3, -0.25) is 0 Å². The highest BCUT2D eigenvalue weighted by molar-refractivity contribution is 5.39. The maximum atomic E-state index is 5.09. The minimum Gasteiger partial charge on any atom is -0.472 e. The first-order chi connectivity index (χ1) is 9.31. The van der Waals surface area contributed by atoms with Crippen LogP contribution in [0.15, 0.2) is 41.2 Å². The van der Waals surface area contributed by atoms with E-state index >= 15 is 0 Å². The van der Waals surface area contributed by atoms with Gasteiger partial charge in [-0.15, -0.1) is 0 Å². The molecule has 1 saturated carbocycles. The van der Waals surface area contributed by atoms with Crippen molar-refractivity contribution in [1.29, 1.82) is 0 Å². The predicted octanol–water partition coefficient (Wildman–Crippen LogP) is 2.56. The van der Waals surface area contributed by atoms with Crippen LogP contribution in [-0.2, 0) is 13.1 Å². The van der Waals surface area contributed by atoms with Gasteiger partial charge in [0.1, 0.15) is 5.82 Å². The van der Waals surface area contributed by atoms with Crippen LogP contribution in [0, 0.1) is 0 Å². The first-order valence-corrected chi connectivity index (χ1v) is 6.73. The van der Waals surface area contributed by atoms with E-state index in [1.165, 1.54) is 12.8 Å². The smallest absolute Gasteiger partial charge is 0.128 e. The van der Waals surface area contributed by atoms with Crippen LogP contribution in [0.1, 0.15) is 24.1 Å². The van der Waals surface area contributed by atoms with E-state index in [2.05, 4.69) is 27.3 Å². The molecular weight excluding hydrogens is 238 g/mol. The molecule has 1 fully saturated rings. The Morgan fingerprint density at radius 2 is 2.26 bits per heavy atom. The Hall–Kier alpha value is -1.81. The number of anilines is 1. The van der Waals surface area contributed by atoms with E-state index in [1.807, 2.05) is 19.2 Å². The van der Waals surface area contributed by atoms with Crippen LogP contribution in [0.4, 0.5) is 5.82 Å². The summed E-state index contributed by atoms with van der Waals surface area (Å²) in [6.07, 6.45) is 6.09. The summed E-state index contributed by atoms with van der Waals surface area (Å²) >= 11 is 0. The molecule has 19 heavy (non-hydrogen) atoms. The Morgan fingerprint density at radius 3 is 3.00 bits per heavy atom. The monoisotopic (exact) mass is 257 g/mol. The van der Waals surface area contributed by atoms with Crippen molar-refractivity contribution in [2.24, 2.45) is 0 Å². The second-order valence-corrected chi connectivity index (χ2v) is 5.13. The molecule has 0 amide bonds. The predicted molar refractivity (Wildman–Crippen MR) is 74.9 cm³/mol. The van der Waals surface area contributed by atoms with Gasteiger partial charge in [-0.05, 0) is 31.0 Å². The summed E-state index contributed by atoms with van der Waals surface area (Å²) in [5.41, 5.74) is 2.26. The summed E-state index contributed by atoms with van der Waals surface area (Å²) < 4.78 is 5.09. The molecule has 0 atom stereocenters. The fraction of sp³-hybridized carbons (Fsp3) is 0.400. The lowest BCUT2D eigenvalue weighted by Crippen LogP contribution is -2.20. The molecule has 2 heterocycles. The largest absolute Gasteiger partial charge is 0.472 e. The number of pyridine rings is 1. The molecule has 4 heteroatoms. The van der Waals surface area contributed by atoms with Gasteiger partial charge in [0.05, 0.1) is 18.2 Å². The van der Waals surface area contributed by atoms with Gasteiger partial charge in [0, 0.05) is 31.7 Å². The lowest BCUT2D eigenvalue weighted by molar-refractivity contribution is 0.563. The second kappa shape index (κ2) is 5.45. The van der Waals surface area contributed by atoms with Crippen molar-refractivity contribution in [3.63, 3.8) is 0 Å². The lowest BCUT2D eigenvalue weighted by Gasteiger charge is -2.18. The fourth-order valence-corrected chi connectivity index (χ4v) is 2.05. The van der Waals surface area contributed by atoms with E-state index < -0.39 is 0 Å². The zero-order valence-electron chi connectivity index (χ0n) is 11.2. The number of furan rings is 1. The average Bonchev–Trinajstić information content (AvgIpc) is 3.13. The van der Waals surface area contributed by atoms with Crippen molar-refractivity contribution in [3.8, 4) is 0 Å². The van der Waals surface area contributed by atoms with Crippen molar-refractivity contribution in [3.05, 3.63) is 48.0 Å². The Morgan fingerprint density at radius 1 is 1.37 bits per heavy atom. The van der Waals surface area contributed by atoms with E-state index in [9.17, 15) is 0 Å². The molecular formula is C15H19N3O. The minimum absolute atomic E-state index is 0.717. The molecule has 1 aliphatic rings. The molecule has 100 valence electrons. The van der Waals surface area contributed by atoms with Gasteiger partial charge in [0.2, 0.25) is 0 Å². The molecule has 0 radical (unpaired) electrons. The van der Waals surface area contributed by atoms with Crippen LogP contribution < -0.4 is 10.2 Å². The molecule has 1 N–H and O–H groups in total. The SMILES string of the molecule is CN(Cc1ccoc1)c1cccc(CNC2CC2)n1. The van der Waals surface area contributed by atoms with Crippen LogP contribution in [-0.4, -0.2) is 18.1 Å². The van der Waals surface area contributed by atoms with Crippen LogP contribution in [0.2, 0.25) is 0 Å². The summed E-state index contributed by atoms with van der Waals surface area (Å²) in [6, 6.07) is 8.88. The summed E-state index contributed by atoms with van der Waals surface area (Å²) in [4.78, 5) is 6.82. The van der Waals surface area contributed by atoms with E-state index in [-0.39, 0.29) is 0 Å². The highest BCUT2D eigenvalue weighted by atomic mass is 16.3. The van der Waals surface area contributed by atoms with E-state index in [1.54, 1.807) is 12.5 Å². The van der Waals surface area contributed by atoms with E-state index in [0.717, 1.165) is 30.2 Å². The topological polar surface area (TPSA) is 41.3 Å². The van der Waals surface area contributed by atoms with Gasteiger partial charge in [0.25, 0.3) is 0 Å². The third kappa shape index (κ3) is 3.35. The molecule has 0 spiro atoms. The maximum Gasteiger partial charge on any atom is 0.128 e. The van der Waals surface area contributed by atoms with Gasteiger partial charge in [-0.2, -0.15) is 0 Å². The molecule has 0 unspecified atom stereocenters. The van der Waals surface area contributed by atoms with Crippen LogP contribution in [0.5, 0.6) is 0 Å². The normalized spacial score (nSPS) is 14.6. The molecule has 0 bridgehead atoms. The molecule has 1 aliphatic carbocycles. The molecule has 0 saturated heterocycles. The van der Waals surface area contributed by atoms with Crippen LogP contribution >= 0.6 is 0 Å². The molecule has 3 rings (SSSR count). The number of aromatic nitrogens is 1. The van der Waals surface area contributed by atoms with E-state index in [4.69, 9.17) is 4.42 Å². The first kappa shape index (κ1) is 12.2. The lowest BCUT2D eigenvalue weighted by atomic mass is 10.3. The maximum absolute atomic E-state index is 5.09. The van der Waals surface area contributed by atoms with Crippen molar-refractivity contribution in [2.45, 2.75) is 32.0 Å². The Bertz CT molecular complexity index is 520. The Kier molecular flexibility index (Phi) is 3.51. The number of nitrogens with one attached hydrogen (secondary N) is 1. The third-order valence-corrected chi connectivity index (χ3v) is 3.33. The third-order valence-electron chi connectivity index (χ3n) is 3.33. The second-order valence-electron chi connectivity index (χ2n) is 5.13. The first-order valence-electron chi connectivity index (χ1n) is 6.73. The van der Waals surface area contributed by atoms with Crippen molar-refractivity contribution in [2.75, 3.05) is 11.9 Å². The summed E-state index contributed by atoms with van der Waals surface area (Å²) in [6.45, 7) is 1.67. The summed E-state index contributed by atoms with van der Waals surface area (Å²) in [5, 5.41) is 3.49. The number of hydrogen-bond acceptors (Lipinski definition) is 4. The van der Waals surface area contributed by atoms with Gasteiger partial charge < -0.3 is 14.6 Å². The average molecular weight is 257 g/mol. The van der Waals surface area contributed by atoms with Gasteiger partial charge in [-0.1, -0.05) is 6.07 Å². The summed E-state index contributed by atoms with van der Waals surface area (Å²) in [7, 11) is 2.05. The van der Waals surface area contributed by atoms with Crippen molar-refractivity contribution >= 4 is 5.82 Å². The van der Waals surface area contributed by atoms with Crippen LogP contribution in [0.25, 0.3) is 0 Å². The van der Waals surface area contributed by atoms with Gasteiger partial charge in [0.15, 0.2) is 0 Å².